The Balaban J connectivity index is 1.63. The molecule has 0 atom stereocenters. The van der Waals surface area contributed by atoms with Gasteiger partial charge in [-0.15, -0.1) is 0 Å². The zero-order valence-electron chi connectivity index (χ0n) is 15.9. The van der Waals surface area contributed by atoms with E-state index in [2.05, 4.69) is 36.3 Å². The molecule has 5 nitrogen and oxygen atoms in total. The lowest BCUT2D eigenvalue weighted by molar-refractivity contribution is 0.122. The third kappa shape index (κ3) is 5.20. The van der Waals surface area contributed by atoms with E-state index in [1.165, 1.54) is 11.6 Å². The summed E-state index contributed by atoms with van der Waals surface area (Å²) in [5.74, 6) is 0.521. The lowest BCUT2D eigenvalue weighted by Crippen LogP contribution is -2.36. The van der Waals surface area contributed by atoms with Crippen molar-refractivity contribution in [2.75, 3.05) is 36.5 Å². The first-order valence-electron chi connectivity index (χ1n) is 9.31. The van der Waals surface area contributed by atoms with Gasteiger partial charge in [-0.25, -0.2) is 9.38 Å². The van der Waals surface area contributed by atoms with Crippen LogP contribution in [0.5, 0.6) is 0 Å². The van der Waals surface area contributed by atoms with Crippen molar-refractivity contribution >= 4 is 17.3 Å². The number of rotatable bonds is 5. The smallest absolute Gasteiger partial charge is 0.193 e. The highest BCUT2D eigenvalue weighted by atomic mass is 19.1. The monoisotopic (exact) mass is 370 g/mol. The molecule has 3 N–H and O–H groups in total. The number of aliphatic imine (C=N–C) groups is 1. The average Bonchev–Trinajstić information content (AvgIpc) is 2.67. The number of guanidine groups is 1. The van der Waals surface area contributed by atoms with Crippen LogP contribution in [0.1, 0.15) is 30.9 Å². The molecule has 0 saturated carbocycles. The first-order chi connectivity index (χ1) is 13.0. The van der Waals surface area contributed by atoms with Crippen LogP contribution in [0.25, 0.3) is 0 Å². The summed E-state index contributed by atoms with van der Waals surface area (Å²) < 4.78 is 19.8. The SMILES string of the molecule is CC(C)c1cccc(NC(N)=NCc2ccc(N3CCOCC3)c(F)c2)c1. The van der Waals surface area contributed by atoms with Gasteiger partial charge in [-0.2, -0.15) is 0 Å². The zero-order chi connectivity index (χ0) is 19.2. The van der Waals surface area contributed by atoms with E-state index in [0.717, 1.165) is 11.3 Å². The number of nitrogens with two attached hydrogens (primary N) is 1. The molecule has 27 heavy (non-hydrogen) atoms. The largest absolute Gasteiger partial charge is 0.378 e. The molecule has 0 bridgehead atoms. The first-order valence-corrected chi connectivity index (χ1v) is 9.31. The molecule has 1 fully saturated rings. The number of ether oxygens (including phenoxy) is 1. The van der Waals surface area contributed by atoms with E-state index in [9.17, 15) is 4.39 Å². The molecule has 1 aliphatic rings. The molecular formula is C21H27FN4O. The quantitative estimate of drug-likeness (QED) is 0.622. The van der Waals surface area contributed by atoms with Crippen molar-refractivity contribution in [3.05, 3.63) is 59.4 Å². The Morgan fingerprint density at radius 1 is 1.22 bits per heavy atom. The van der Waals surface area contributed by atoms with Gasteiger partial charge >= 0.3 is 0 Å². The van der Waals surface area contributed by atoms with Crippen LogP contribution in [0.15, 0.2) is 47.5 Å². The van der Waals surface area contributed by atoms with Crippen molar-refractivity contribution in [2.45, 2.75) is 26.3 Å². The molecule has 2 aromatic rings. The molecule has 0 aliphatic carbocycles. The van der Waals surface area contributed by atoms with Gasteiger partial charge in [0.2, 0.25) is 0 Å². The lowest BCUT2D eigenvalue weighted by atomic mass is 10.0. The number of hydrogen-bond donors (Lipinski definition) is 2. The minimum absolute atomic E-state index is 0.235. The Kier molecular flexibility index (Phi) is 6.29. The summed E-state index contributed by atoms with van der Waals surface area (Å²) in [4.78, 5) is 6.33. The van der Waals surface area contributed by atoms with Crippen molar-refractivity contribution in [1.29, 1.82) is 0 Å². The fourth-order valence-corrected chi connectivity index (χ4v) is 3.05. The third-order valence-corrected chi connectivity index (χ3v) is 4.62. The second-order valence-corrected chi connectivity index (χ2v) is 6.99. The van der Waals surface area contributed by atoms with Crippen LogP contribution in [0.3, 0.4) is 0 Å². The molecule has 2 aromatic carbocycles. The van der Waals surface area contributed by atoms with Gasteiger partial charge in [0.25, 0.3) is 0 Å². The molecule has 0 aromatic heterocycles. The van der Waals surface area contributed by atoms with Crippen molar-refractivity contribution in [1.82, 2.24) is 0 Å². The van der Waals surface area contributed by atoms with Crippen LogP contribution in [-0.2, 0) is 11.3 Å². The number of nitrogens with zero attached hydrogens (tertiary/aromatic N) is 2. The van der Waals surface area contributed by atoms with E-state index in [1.807, 2.05) is 23.1 Å². The predicted molar refractivity (Wildman–Crippen MR) is 109 cm³/mol. The fourth-order valence-electron chi connectivity index (χ4n) is 3.05. The van der Waals surface area contributed by atoms with E-state index in [-0.39, 0.29) is 5.82 Å². The number of hydrogen-bond acceptors (Lipinski definition) is 3. The van der Waals surface area contributed by atoms with Crippen LogP contribution in [0.4, 0.5) is 15.8 Å². The Hall–Kier alpha value is -2.60. The molecule has 0 amide bonds. The Bertz CT molecular complexity index is 801. The molecule has 1 heterocycles. The standard InChI is InChI=1S/C21H27FN4O/c1-15(2)17-4-3-5-18(13-17)25-21(23)24-14-16-6-7-20(19(22)12-16)26-8-10-27-11-9-26/h3-7,12-13,15H,8-11,14H2,1-2H3,(H3,23,24,25). The van der Waals surface area contributed by atoms with Gasteiger partial charge in [-0.3, -0.25) is 0 Å². The highest BCUT2D eigenvalue weighted by Crippen LogP contribution is 2.22. The second-order valence-electron chi connectivity index (χ2n) is 6.99. The maximum Gasteiger partial charge on any atom is 0.193 e. The lowest BCUT2D eigenvalue weighted by Gasteiger charge is -2.29. The Morgan fingerprint density at radius 3 is 2.70 bits per heavy atom. The van der Waals surface area contributed by atoms with Crippen molar-refractivity contribution < 1.29 is 9.13 Å². The van der Waals surface area contributed by atoms with Crippen molar-refractivity contribution in [3.63, 3.8) is 0 Å². The summed E-state index contributed by atoms with van der Waals surface area (Å²) in [7, 11) is 0. The van der Waals surface area contributed by atoms with E-state index >= 15 is 0 Å². The van der Waals surface area contributed by atoms with Crippen LogP contribution in [0, 0.1) is 5.82 Å². The fraction of sp³-hybridized carbons (Fsp3) is 0.381. The van der Waals surface area contributed by atoms with Crippen LogP contribution in [-0.4, -0.2) is 32.3 Å². The van der Waals surface area contributed by atoms with Gasteiger partial charge in [0, 0.05) is 18.8 Å². The summed E-state index contributed by atoms with van der Waals surface area (Å²) in [6, 6.07) is 13.3. The molecule has 0 spiro atoms. The Morgan fingerprint density at radius 2 is 2.00 bits per heavy atom. The molecule has 1 aliphatic heterocycles. The molecule has 6 heteroatoms. The maximum atomic E-state index is 14.4. The average molecular weight is 370 g/mol. The summed E-state index contributed by atoms with van der Waals surface area (Å²) in [6.07, 6.45) is 0. The maximum absolute atomic E-state index is 14.4. The summed E-state index contributed by atoms with van der Waals surface area (Å²) in [6.45, 7) is 7.29. The number of morpholine rings is 1. The van der Waals surface area contributed by atoms with Gasteiger partial charge < -0.3 is 20.7 Å². The van der Waals surface area contributed by atoms with Gasteiger partial charge in [0.05, 0.1) is 25.4 Å². The van der Waals surface area contributed by atoms with Crippen molar-refractivity contribution in [3.8, 4) is 0 Å². The number of anilines is 2. The van der Waals surface area contributed by atoms with E-state index in [0.29, 0.717) is 50.4 Å². The molecule has 0 radical (unpaired) electrons. The summed E-state index contributed by atoms with van der Waals surface area (Å²) in [5.41, 5.74) is 9.51. The van der Waals surface area contributed by atoms with E-state index in [4.69, 9.17) is 10.5 Å². The van der Waals surface area contributed by atoms with Gasteiger partial charge in [0.1, 0.15) is 5.82 Å². The zero-order valence-corrected chi connectivity index (χ0v) is 15.9. The molecule has 144 valence electrons. The topological polar surface area (TPSA) is 62.9 Å². The first kappa shape index (κ1) is 19.2. The molecule has 1 saturated heterocycles. The van der Waals surface area contributed by atoms with Crippen LogP contribution >= 0.6 is 0 Å². The van der Waals surface area contributed by atoms with Crippen LogP contribution < -0.4 is 16.0 Å². The molecule has 0 unspecified atom stereocenters. The van der Waals surface area contributed by atoms with Gasteiger partial charge in [-0.1, -0.05) is 32.0 Å². The van der Waals surface area contributed by atoms with Crippen molar-refractivity contribution in [2.24, 2.45) is 10.7 Å². The number of benzene rings is 2. The van der Waals surface area contributed by atoms with Gasteiger partial charge in [-0.05, 0) is 41.3 Å². The number of nitrogens with one attached hydrogen (secondary N) is 1. The summed E-state index contributed by atoms with van der Waals surface area (Å²) in [5, 5.41) is 3.10. The minimum Gasteiger partial charge on any atom is -0.378 e. The molecular weight excluding hydrogens is 343 g/mol. The highest BCUT2D eigenvalue weighted by molar-refractivity contribution is 5.92. The Labute approximate surface area is 160 Å². The predicted octanol–water partition coefficient (Wildman–Crippen LogP) is 3.71. The normalized spacial score (nSPS) is 15.3. The van der Waals surface area contributed by atoms with E-state index in [1.54, 1.807) is 6.07 Å². The minimum atomic E-state index is -0.235. The third-order valence-electron chi connectivity index (χ3n) is 4.62. The second kappa shape index (κ2) is 8.86. The van der Waals surface area contributed by atoms with E-state index < -0.39 is 0 Å². The molecule has 3 rings (SSSR count). The highest BCUT2D eigenvalue weighted by Gasteiger charge is 2.15. The number of halogens is 1. The summed E-state index contributed by atoms with van der Waals surface area (Å²) >= 11 is 0. The van der Waals surface area contributed by atoms with Gasteiger partial charge in [0.15, 0.2) is 5.96 Å². The van der Waals surface area contributed by atoms with Crippen LogP contribution in [0.2, 0.25) is 0 Å².